The highest BCUT2D eigenvalue weighted by Gasteiger charge is 2.61. The third-order valence-electron chi connectivity index (χ3n) is 9.38. The van der Waals surface area contributed by atoms with Crippen LogP contribution in [-0.4, -0.2) is 96.0 Å². The molecule has 4 amide bonds. The number of aromatic nitrogens is 1. The minimum absolute atomic E-state index is 0.0294. The van der Waals surface area contributed by atoms with Crippen molar-refractivity contribution in [3.63, 3.8) is 0 Å². The predicted octanol–water partition coefficient (Wildman–Crippen LogP) is 1.17. The Balaban J connectivity index is 1.16. The number of carbonyl (C=O) groups excluding carboxylic acids is 4. The molecule has 16 heteroatoms. The largest absolute Gasteiger partial charge is 0.450 e. The highest BCUT2D eigenvalue weighted by Crippen LogP contribution is 2.47. The Morgan fingerprint density at radius 1 is 1.16 bits per heavy atom. The number of nitrogens with one attached hydrogen (secondary N) is 5. The number of sulfonamides is 1. The number of aliphatic hydroxyl groups is 1. The van der Waals surface area contributed by atoms with E-state index in [1.807, 2.05) is 30.4 Å². The maximum atomic E-state index is 13.8. The second-order valence-corrected chi connectivity index (χ2v) is 15.0. The van der Waals surface area contributed by atoms with Crippen LogP contribution < -0.4 is 26.2 Å². The van der Waals surface area contributed by atoms with E-state index in [-0.39, 0.29) is 38.1 Å². The molecule has 15 nitrogen and oxygen atoms in total. The minimum Gasteiger partial charge on any atom is -0.450 e. The molecule has 3 aliphatic rings. The Bertz CT molecular complexity index is 1870. The number of pyridine rings is 1. The Morgan fingerprint density at radius 2 is 1.94 bits per heavy atom. The number of hydrogen-bond donors (Lipinski definition) is 6. The lowest BCUT2D eigenvalue weighted by Gasteiger charge is -2.31. The standard InChI is InChI=1S/C35H44N6O9S/c1-3-24-20-35(24,33(46)40-51(48,49)25-13-14-25)39-31(44)28-10-8-17-41(28)32(45)27(21-37-29(42)4-2)38-34(47)50-18-7-5-6-9-22-11-12-23-15-16-36-30(43)26(23)19-22/h3-4,6,9,11-12,15-16,19,24-25,27-28,33,40,46H,1-2,5,7-8,10,13-14,17-18,20-21H2,(H,36,43)(H,37,42)(H,38,47)(H,39,44). The molecule has 1 aliphatic heterocycles. The van der Waals surface area contributed by atoms with E-state index >= 15 is 0 Å². The molecule has 2 saturated carbocycles. The zero-order valence-corrected chi connectivity index (χ0v) is 29.0. The van der Waals surface area contributed by atoms with Gasteiger partial charge in [0.05, 0.1) is 17.4 Å². The number of allylic oxidation sites excluding steroid dienone is 1. The summed E-state index contributed by atoms with van der Waals surface area (Å²) in [5, 5.41) is 19.5. The number of likely N-dealkylation sites (tertiary alicyclic amines) is 1. The summed E-state index contributed by atoms with van der Waals surface area (Å²) in [4.78, 5) is 68.1. The van der Waals surface area contributed by atoms with Gasteiger partial charge in [0, 0.05) is 30.6 Å². The molecule has 2 aromatic rings. The lowest BCUT2D eigenvalue weighted by atomic mass is 10.1. The van der Waals surface area contributed by atoms with E-state index in [0.29, 0.717) is 37.5 Å². The molecular weight excluding hydrogens is 680 g/mol. The van der Waals surface area contributed by atoms with Gasteiger partial charge in [-0.25, -0.2) is 13.2 Å². The Labute approximate surface area is 295 Å². The van der Waals surface area contributed by atoms with Crippen molar-refractivity contribution in [2.45, 2.75) is 74.0 Å². The SMILES string of the molecule is C=CC(=O)NCC(NC(=O)OCCCC=Cc1ccc2cc[nH]c(=O)c2c1)C(=O)N1CCCC1C(=O)NC1(C(O)NS(=O)(=O)C2CC2)CC1C=C. The van der Waals surface area contributed by atoms with Gasteiger partial charge >= 0.3 is 6.09 Å². The molecule has 0 radical (unpaired) electrons. The molecule has 274 valence electrons. The lowest BCUT2D eigenvalue weighted by molar-refractivity contribution is -0.140. The van der Waals surface area contributed by atoms with Gasteiger partial charge in [-0.05, 0) is 74.1 Å². The third kappa shape index (κ3) is 9.11. The average molecular weight is 725 g/mol. The first-order valence-electron chi connectivity index (χ1n) is 16.9. The maximum absolute atomic E-state index is 13.8. The molecule has 2 heterocycles. The number of amides is 4. The van der Waals surface area contributed by atoms with Crippen molar-refractivity contribution >= 4 is 50.7 Å². The summed E-state index contributed by atoms with van der Waals surface area (Å²) in [6.07, 6.45) is 8.43. The first-order chi connectivity index (χ1) is 24.4. The highest BCUT2D eigenvalue weighted by atomic mass is 32.2. The van der Waals surface area contributed by atoms with Gasteiger partial charge in [0.25, 0.3) is 5.56 Å². The van der Waals surface area contributed by atoms with E-state index in [4.69, 9.17) is 4.74 Å². The number of H-pyrrole nitrogens is 1. The summed E-state index contributed by atoms with van der Waals surface area (Å²) < 4.78 is 32.6. The molecule has 5 unspecified atom stereocenters. The smallest absolute Gasteiger partial charge is 0.407 e. The second-order valence-electron chi connectivity index (χ2n) is 13.0. The van der Waals surface area contributed by atoms with Gasteiger partial charge in [-0.1, -0.05) is 36.9 Å². The van der Waals surface area contributed by atoms with Crippen LogP contribution in [0.15, 0.2) is 66.6 Å². The van der Waals surface area contributed by atoms with E-state index in [0.717, 1.165) is 17.0 Å². The number of fused-ring (bicyclic) bond motifs is 1. The van der Waals surface area contributed by atoms with Crippen molar-refractivity contribution in [2.24, 2.45) is 5.92 Å². The lowest BCUT2D eigenvalue weighted by Crippen LogP contribution is -2.60. The zero-order valence-electron chi connectivity index (χ0n) is 28.1. The van der Waals surface area contributed by atoms with Crippen LogP contribution in [0.25, 0.3) is 16.8 Å². The average Bonchev–Trinajstić information content (AvgIpc) is 4.04. The molecule has 6 N–H and O–H groups in total. The summed E-state index contributed by atoms with van der Waals surface area (Å²) in [6.45, 7) is 7.05. The Kier molecular flexibility index (Phi) is 11.8. The van der Waals surface area contributed by atoms with E-state index in [1.54, 1.807) is 12.3 Å². The normalized spacial score (nSPS) is 22.6. The molecule has 5 atom stereocenters. The summed E-state index contributed by atoms with van der Waals surface area (Å²) >= 11 is 0. The van der Waals surface area contributed by atoms with Crippen LogP contribution in [0.1, 0.15) is 50.5 Å². The van der Waals surface area contributed by atoms with E-state index < -0.39 is 68.9 Å². The van der Waals surface area contributed by atoms with Crippen LogP contribution in [-0.2, 0) is 29.1 Å². The van der Waals surface area contributed by atoms with Crippen molar-refractivity contribution < 1.29 is 37.4 Å². The van der Waals surface area contributed by atoms with Crippen molar-refractivity contribution in [1.29, 1.82) is 0 Å². The quantitative estimate of drug-likeness (QED) is 0.0597. The number of aromatic amines is 1. The van der Waals surface area contributed by atoms with Crippen molar-refractivity contribution in [2.75, 3.05) is 19.7 Å². The summed E-state index contributed by atoms with van der Waals surface area (Å²) in [5.74, 6) is -2.20. The summed E-state index contributed by atoms with van der Waals surface area (Å²) in [7, 11) is -3.77. The molecule has 0 bridgehead atoms. The number of alkyl carbamates (subject to hydrolysis) is 1. The summed E-state index contributed by atoms with van der Waals surface area (Å²) in [6, 6.07) is 5.10. The van der Waals surface area contributed by atoms with Crippen LogP contribution in [0.4, 0.5) is 4.79 Å². The number of unbranched alkanes of at least 4 members (excludes halogenated alkanes) is 1. The highest BCUT2D eigenvalue weighted by molar-refractivity contribution is 7.90. The van der Waals surface area contributed by atoms with Gasteiger partial charge in [-0.3, -0.25) is 19.2 Å². The third-order valence-corrected chi connectivity index (χ3v) is 11.3. The fourth-order valence-corrected chi connectivity index (χ4v) is 7.70. The zero-order chi connectivity index (χ0) is 36.8. The van der Waals surface area contributed by atoms with Gasteiger partial charge in [0.2, 0.25) is 27.7 Å². The van der Waals surface area contributed by atoms with Crippen molar-refractivity contribution in [3.05, 3.63) is 77.8 Å². The van der Waals surface area contributed by atoms with E-state index in [9.17, 15) is 37.5 Å². The molecule has 1 aromatic carbocycles. The van der Waals surface area contributed by atoms with Gasteiger partial charge in [-0.15, -0.1) is 6.58 Å². The maximum Gasteiger partial charge on any atom is 0.407 e. The van der Waals surface area contributed by atoms with Crippen molar-refractivity contribution in [1.82, 2.24) is 30.6 Å². The van der Waals surface area contributed by atoms with Crippen LogP contribution in [0.3, 0.4) is 0 Å². The second kappa shape index (κ2) is 16.0. The number of hydrogen-bond acceptors (Lipinski definition) is 9. The number of nitrogens with zero attached hydrogens (tertiary/aromatic N) is 1. The van der Waals surface area contributed by atoms with Crippen LogP contribution in [0.2, 0.25) is 0 Å². The molecular formula is C35H44N6O9S. The van der Waals surface area contributed by atoms with E-state index in [1.165, 1.54) is 11.0 Å². The monoisotopic (exact) mass is 724 g/mol. The number of rotatable bonds is 17. The molecule has 2 aliphatic carbocycles. The Morgan fingerprint density at radius 3 is 2.65 bits per heavy atom. The fourth-order valence-electron chi connectivity index (χ4n) is 6.23. The van der Waals surface area contributed by atoms with Gasteiger partial charge in [0.15, 0.2) is 0 Å². The molecule has 1 aromatic heterocycles. The minimum atomic E-state index is -3.77. The molecule has 51 heavy (non-hydrogen) atoms. The van der Waals surface area contributed by atoms with Crippen LogP contribution >= 0.6 is 0 Å². The first-order valence-corrected chi connectivity index (χ1v) is 18.5. The topological polar surface area (TPSA) is 216 Å². The number of carbonyl (C=O) groups is 4. The first kappa shape index (κ1) is 37.5. The number of aliphatic hydroxyl groups excluding tert-OH is 1. The van der Waals surface area contributed by atoms with Crippen LogP contribution in [0, 0.1) is 5.92 Å². The molecule has 5 rings (SSSR count). The molecule has 1 saturated heterocycles. The van der Waals surface area contributed by atoms with Crippen molar-refractivity contribution in [3.8, 4) is 0 Å². The van der Waals surface area contributed by atoms with Gasteiger partial charge < -0.3 is 35.7 Å². The Hall–Kier alpha value is -4.80. The summed E-state index contributed by atoms with van der Waals surface area (Å²) in [5.41, 5.74) is -0.649. The fraction of sp³-hybridized carbons (Fsp3) is 0.457. The van der Waals surface area contributed by atoms with E-state index in [2.05, 4.69) is 38.8 Å². The predicted molar refractivity (Wildman–Crippen MR) is 189 cm³/mol. The molecule has 3 fully saturated rings. The van der Waals surface area contributed by atoms with Gasteiger partial charge in [-0.2, -0.15) is 4.72 Å². The number of benzene rings is 1. The number of ether oxygens (including phenoxy) is 1. The van der Waals surface area contributed by atoms with Gasteiger partial charge in [0.1, 0.15) is 18.3 Å². The van der Waals surface area contributed by atoms with Crippen LogP contribution in [0.5, 0.6) is 0 Å². The molecule has 0 spiro atoms.